The predicted octanol–water partition coefficient (Wildman–Crippen LogP) is 6.10. The molecule has 31 heavy (non-hydrogen) atoms. The second-order valence-electron chi connectivity index (χ2n) is 6.54. The molecule has 4 rings (SSSR count). The first-order chi connectivity index (χ1) is 15.0. The lowest BCUT2D eigenvalue weighted by Gasteiger charge is -2.07. The maximum Gasteiger partial charge on any atom is 0.323 e. The van der Waals surface area contributed by atoms with Crippen LogP contribution < -0.4 is 10.6 Å². The van der Waals surface area contributed by atoms with Crippen molar-refractivity contribution < 1.29 is 14.7 Å². The van der Waals surface area contributed by atoms with Crippen molar-refractivity contribution in [1.29, 1.82) is 0 Å². The second kappa shape index (κ2) is 8.68. The standard InChI is InChI=1S/C22H16ClN5O3/c23-14-8-11-18-17(12-14)19(21(30)26-18)27-28-20(29)13-6-9-16(10-7-13)25-22(31)24-15-4-2-1-3-5-15/h1-12,26,30H,(H2,24,25,31). The van der Waals surface area contributed by atoms with Crippen molar-refractivity contribution in [2.45, 2.75) is 0 Å². The molecule has 0 aliphatic carbocycles. The van der Waals surface area contributed by atoms with Gasteiger partial charge < -0.3 is 20.7 Å². The summed E-state index contributed by atoms with van der Waals surface area (Å²) in [6.07, 6.45) is 0. The fourth-order valence-corrected chi connectivity index (χ4v) is 3.07. The van der Waals surface area contributed by atoms with Crippen LogP contribution in [-0.4, -0.2) is 22.0 Å². The first kappa shape index (κ1) is 20.1. The van der Waals surface area contributed by atoms with Gasteiger partial charge in [-0.2, -0.15) is 0 Å². The van der Waals surface area contributed by atoms with Crippen LogP contribution in [0, 0.1) is 0 Å². The number of aromatic amines is 1. The molecular formula is C22H16ClN5O3. The van der Waals surface area contributed by atoms with E-state index in [0.717, 1.165) is 0 Å². The SMILES string of the molecule is O=C(Nc1ccccc1)Nc1ccc(C(=O)N=Nc2c(O)[nH]c3ccc(Cl)cc23)cc1. The topological polar surface area (TPSA) is 119 Å². The van der Waals surface area contributed by atoms with Crippen molar-refractivity contribution in [2.24, 2.45) is 10.2 Å². The highest BCUT2D eigenvalue weighted by Gasteiger charge is 2.12. The Labute approximate surface area is 181 Å². The van der Waals surface area contributed by atoms with Crippen LogP contribution in [0.2, 0.25) is 5.02 Å². The zero-order chi connectivity index (χ0) is 21.8. The summed E-state index contributed by atoms with van der Waals surface area (Å²) in [5, 5.41) is 24.0. The fraction of sp³-hybridized carbons (Fsp3) is 0. The van der Waals surface area contributed by atoms with E-state index in [1.807, 2.05) is 18.2 Å². The summed E-state index contributed by atoms with van der Waals surface area (Å²) in [7, 11) is 0. The van der Waals surface area contributed by atoms with Gasteiger partial charge >= 0.3 is 6.03 Å². The largest absolute Gasteiger partial charge is 0.493 e. The molecule has 0 unspecified atom stereocenters. The number of fused-ring (bicyclic) bond motifs is 1. The zero-order valence-electron chi connectivity index (χ0n) is 16.0. The van der Waals surface area contributed by atoms with Gasteiger partial charge in [0.05, 0.1) is 5.52 Å². The van der Waals surface area contributed by atoms with Crippen LogP contribution >= 0.6 is 11.6 Å². The molecule has 9 heteroatoms. The number of hydrogen-bond donors (Lipinski definition) is 4. The van der Waals surface area contributed by atoms with E-state index in [4.69, 9.17) is 11.6 Å². The lowest BCUT2D eigenvalue weighted by molar-refractivity contribution is 0.0995. The number of nitrogens with one attached hydrogen (secondary N) is 3. The van der Waals surface area contributed by atoms with Gasteiger partial charge in [0.1, 0.15) is 0 Å². The average molecular weight is 434 g/mol. The third-order valence-electron chi connectivity index (χ3n) is 4.38. The molecule has 4 aromatic rings. The van der Waals surface area contributed by atoms with E-state index in [9.17, 15) is 14.7 Å². The fourth-order valence-electron chi connectivity index (χ4n) is 2.90. The molecule has 0 aliphatic heterocycles. The van der Waals surface area contributed by atoms with Crippen LogP contribution in [-0.2, 0) is 0 Å². The van der Waals surface area contributed by atoms with Crippen LogP contribution in [0.5, 0.6) is 5.88 Å². The van der Waals surface area contributed by atoms with Crippen LogP contribution in [0.3, 0.4) is 0 Å². The van der Waals surface area contributed by atoms with Crippen LogP contribution in [0.15, 0.2) is 83.0 Å². The number of amides is 3. The molecule has 1 heterocycles. The number of carbonyl (C=O) groups excluding carboxylic acids is 2. The molecule has 0 radical (unpaired) electrons. The van der Waals surface area contributed by atoms with E-state index in [1.54, 1.807) is 42.5 Å². The van der Waals surface area contributed by atoms with Crippen LogP contribution in [0.25, 0.3) is 10.9 Å². The minimum Gasteiger partial charge on any atom is -0.493 e. The van der Waals surface area contributed by atoms with Gasteiger partial charge in [0.2, 0.25) is 5.88 Å². The number of nitrogens with zero attached hydrogens (tertiary/aromatic N) is 2. The van der Waals surface area contributed by atoms with Crippen molar-refractivity contribution in [3.05, 3.63) is 83.4 Å². The van der Waals surface area contributed by atoms with E-state index in [1.165, 1.54) is 12.1 Å². The van der Waals surface area contributed by atoms with Gasteiger partial charge in [-0.1, -0.05) is 29.8 Å². The predicted molar refractivity (Wildman–Crippen MR) is 119 cm³/mol. The first-order valence-corrected chi connectivity index (χ1v) is 9.57. The Morgan fingerprint density at radius 3 is 2.29 bits per heavy atom. The Morgan fingerprint density at radius 2 is 1.58 bits per heavy atom. The summed E-state index contributed by atoms with van der Waals surface area (Å²) in [5.41, 5.74) is 2.18. The molecule has 0 aliphatic rings. The minimum atomic E-state index is -0.601. The molecule has 0 spiro atoms. The number of anilines is 2. The lowest BCUT2D eigenvalue weighted by atomic mass is 10.2. The smallest absolute Gasteiger partial charge is 0.323 e. The van der Waals surface area contributed by atoms with Gasteiger partial charge in [-0.15, -0.1) is 10.2 Å². The number of carbonyl (C=O) groups is 2. The quantitative estimate of drug-likeness (QED) is 0.291. The van der Waals surface area contributed by atoms with Gasteiger partial charge in [0, 0.05) is 27.3 Å². The number of azo groups is 1. The maximum absolute atomic E-state index is 12.4. The summed E-state index contributed by atoms with van der Waals surface area (Å²) in [4.78, 5) is 27.1. The first-order valence-electron chi connectivity index (χ1n) is 9.19. The minimum absolute atomic E-state index is 0.127. The monoisotopic (exact) mass is 433 g/mol. The molecule has 0 fully saturated rings. The molecule has 0 bridgehead atoms. The Bertz CT molecular complexity index is 1280. The molecule has 154 valence electrons. The van der Waals surface area contributed by atoms with E-state index in [2.05, 4.69) is 25.8 Å². The van der Waals surface area contributed by atoms with Crippen LogP contribution in [0.1, 0.15) is 10.4 Å². The molecule has 3 amide bonds. The number of urea groups is 1. The van der Waals surface area contributed by atoms with Gasteiger partial charge in [0.15, 0.2) is 5.69 Å². The van der Waals surface area contributed by atoms with E-state index >= 15 is 0 Å². The average Bonchev–Trinajstić information content (AvgIpc) is 3.07. The molecule has 0 atom stereocenters. The van der Waals surface area contributed by atoms with Gasteiger partial charge in [-0.05, 0) is 54.6 Å². The van der Waals surface area contributed by atoms with E-state index < -0.39 is 11.9 Å². The maximum atomic E-state index is 12.4. The number of rotatable bonds is 4. The molecular weight excluding hydrogens is 418 g/mol. The normalized spacial score (nSPS) is 11.0. The number of para-hydroxylation sites is 1. The summed E-state index contributed by atoms with van der Waals surface area (Å²) in [6, 6.07) is 19.8. The number of halogens is 1. The number of benzene rings is 3. The number of hydrogen-bond acceptors (Lipinski definition) is 4. The Hall–Kier alpha value is -4.17. The molecule has 0 saturated heterocycles. The van der Waals surface area contributed by atoms with Crippen molar-refractivity contribution in [2.75, 3.05) is 10.6 Å². The molecule has 4 N–H and O–H groups in total. The van der Waals surface area contributed by atoms with Crippen molar-refractivity contribution in [3.63, 3.8) is 0 Å². The molecule has 3 aromatic carbocycles. The van der Waals surface area contributed by atoms with Crippen molar-refractivity contribution >= 4 is 51.5 Å². The van der Waals surface area contributed by atoms with Gasteiger partial charge in [-0.3, -0.25) is 4.79 Å². The summed E-state index contributed by atoms with van der Waals surface area (Å²) >= 11 is 5.99. The third-order valence-corrected chi connectivity index (χ3v) is 4.61. The third kappa shape index (κ3) is 4.71. The van der Waals surface area contributed by atoms with Crippen LogP contribution in [0.4, 0.5) is 21.9 Å². The Kier molecular flexibility index (Phi) is 5.63. The van der Waals surface area contributed by atoms with Crippen molar-refractivity contribution in [3.8, 4) is 5.88 Å². The molecule has 8 nitrogen and oxygen atoms in total. The zero-order valence-corrected chi connectivity index (χ0v) is 16.7. The highest BCUT2D eigenvalue weighted by atomic mass is 35.5. The summed E-state index contributed by atoms with van der Waals surface area (Å²) < 4.78 is 0. The number of H-pyrrole nitrogens is 1. The van der Waals surface area contributed by atoms with Gasteiger partial charge in [-0.25, -0.2) is 4.79 Å². The Morgan fingerprint density at radius 1 is 0.903 bits per heavy atom. The van der Waals surface area contributed by atoms with Crippen molar-refractivity contribution in [1.82, 2.24) is 4.98 Å². The highest BCUT2D eigenvalue weighted by molar-refractivity contribution is 6.31. The molecule has 1 aromatic heterocycles. The number of aromatic nitrogens is 1. The Balaban J connectivity index is 1.43. The van der Waals surface area contributed by atoms with Gasteiger partial charge in [0.25, 0.3) is 5.91 Å². The summed E-state index contributed by atoms with van der Waals surface area (Å²) in [6.45, 7) is 0. The highest BCUT2D eigenvalue weighted by Crippen LogP contribution is 2.36. The van der Waals surface area contributed by atoms with E-state index in [-0.39, 0.29) is 17.1 Å². The molecule has 0 saturated carbocycles. The summed E-state index contributed by atoms with van der Waals surface area (Å²) in [5.74, 6) is -0.811. The number of aromatic hydroxyl groups is 1. The van der Waals surface area contributed by atoms with E-state index in [0.29, 0.717) is 27.3 Å². The lowest BCUT2D eigenvalue weighted by Crippen LogP contribution is -2.19. The second-order valence-corrected chi connectivity index (χ2v) is 6.98.